The summed E-state index contributed by atoms with van der Waals surface area (Å²) >= 11 is 0. The predicted molar refractivity (Wildman–Crippen MR) is 112 cm³/mol. The number of aromatic amines is 1. The fourth-order valence-electron chi connectivity index (χ4n) is 4.10. The van der Waals surface area contributed by atoms with Crippen molar-refractivity contribution in [2.45, 2.75) is 32.1 Å². The lowest BCUT2D eigenvalue weighted by Gasteiger charge is -2.28. The summed E-state index contributed by atoms with van der Waals surface area (Å²) in [6.07, 6.45) is 3.64. The Morgan fingerprint density at radius 1 is 1.10 bits per heavy atom. The Kier molecular flexibility index (Phi) is 4.96. The van der Waals surface area contributed by atoms with E-state index in [2.05, 4.69) is 25.3 Å². The second-order valence-corrected chi connectivity index (χ2v) is 7.73. The van der Waals surface area contributed by atoms with Gasteiger partial charge in [0, 0.05) is 30.0 Å². The van der Waals surface area contributed by atoms with Gasteiger partial charge in [0.1, 0.15) is 5.82 Å². The van der Waals surface area contributed by atoms with Crippen LogP contribution < -0.4 is 15.8 Å². The highest BCUT2D eigenvalue weighted by atomic mass is 16.5. The maximum absolute atomic E-state index is 12.7. The first kappa shape index (κ1) is 18.8. The van der Waals surface area contributed by atoms with E-state index in [9.17, 15) is 9.59 Å². The number of carbonyl (C=O) groups is 1. The van der Waals surface area contributed by atoms with Crippen LogP contribution in [-0.4, -0.2) is 51.8 Å². The van der Waals surface area contributed by atoms with E-state index in [1.807, 2.05) is 24.3 Å². The zero-order valence-corrected chi connectivity index (χ0v) is 16.7. The third-order valence-electron chi connectivity index (χ3n) is 5.67. The van der Waals surface area contributed by atoms with E-state index in [1.54, 1.807) is 0 Å². The summed E-state index contributed by atoms with van der Waals surface area (Å²) < 4.78 is 6.73. The second-order valence-electron chi connectivity index (χ2n) is 7.73. The summed E-state index contributed by atoms with van der Waals surface area (Å²) in [5.74, 6) is 0.550. The normalized spacial score (nSPS) is 16.5. The van der Waals surface area contributed by atoms with Crippen molar-refractivity contribution < 1.29 is 9.53 Å². The van der Waals surface area contributed by atoms with Gasteiger partial charge in [0.25, 0.3) is 11.3 Å². The largest absolute Gasteiger partial charge is 0.378 e. The van der Waals surface area contributed by atoms with Crippen molar-refractivity contribution in [2.24, 2.45) is 0 Å². The molecule has 2 N–H and O–H groups in total. The van der Waals surface area contributed by atoms with Crippen molar-refractivity contribution in [3.63, 3.8) is 0 Å². The number of benzene rings is 1. The summed E-state index contributed by atoms with van der Waals surface area (Å²) in [6, 6.07) is 7.77. The third-order valence-corrected chi connectivity index (χ3v) is 5.67. The molecule has 9 nitrogen and oxygen atoms in total. The fraction of sp³-hybridized carbons (Fsp3) is 0.429. The minimum Gasteiger partial charge on any atom is -0.378 e. The molecule has 2 aliphatic rings. The Balaban J connectivity index is 1.28. The van der Waals surface area contributed by atoms with Gasteiger partial charge in [-0.25, -0.2) is 4.98 Å². The monoisotopic (exact) mass is 408 g/mol. The molecule has 0 spiro atoms. The maximum Gasteiger partial charge on any atom is 0.277 e. The maximum atomic E-state index is 12.7. The predicted octanol–water partition coefficient (Wildman–Crippen LogP) is 1.31. The van der Waals surface area contributed by atoms with Gasteiger partial charge in [0.2, 0.25) is 5.91 Å². The van der Waals surface area contributed by atoms with Gasteiger partial charge < -0.3 is 15.0 Å². The first-order chi connectivity index (χ1) is 14.7. The molecule has 0 radical (unpaired) electrons. The Morgan fingerprint density at radius 2 is 1.87 bits per heavy atom. The molecule has 30 heavy (non-hydrogen) atoms. The number of aryl methyl sites for hydroxylation is 1. The lowest BCUT2D eigenvalue weighted by atomic mass is 9.97. The number of amides is 1. The van der Waals surface area contributed by atoms with Gasteiger partial charge >= 0.3 is 0 Å². The standard InChI is InChI=1S/C21H24N6O3/c28-19(22-14-5-7-15(8-6-14)26-9-11-30-12-10-26)13-18-24-21-23-17-4-2-1-3-16(17)20(29)27(21)25-18/h5-8H,1-4,9-13H2,(H,22,28)(H,23,24,25). The number of nitrogens with one attached hydrogen (secondary N) is 2. The summed E-state index contributed by atoms with van der Waals surface area (Å²) in [6.45, 7) is 3.21. The summed E-state index contributed by atoms with van der Waals surface area (Å²) in [7, 11) is 0. The number of anilines is 2. The smallest absolute Gasteiger partial charge is 0.277 e. The van der Waals surface area contributed by atoms with Crippen LogP contribution in [-0.2, 0) is 28.8 Å². The molecule has 9 heteroatoms. The Labute approximate surface area is 173 Å². The molecule has 0 saturated carbocycles. The van der Waals surface area contributed by atoms with Crippen LogP contribution in [0.1, 0.15) is 29.9 Å². The van der Waals surface area contributed by atoms with Crippen molar-refractivity contribution >= 4 is 23.1 Å². The molecule has 1 aromatic carbocycles. The van der Waals surface area contributed by atoms with E-state index >= 15 is 0 Å². The zero-order valence-electron chi connectivity index (χ0n) is 16.7. The number of carbonyl (C=O) groups excluding carboxylic acids is 1. The fourth-order valence-corrected chi connectivity index (χ4v) is 4.10. The van der Waals surface area contributed by atoms with Crippen LogP contribution in [0, 0.1) is 0 Å². The van der Waals surface area contributed by atoms with Crippen LogP contribution >= 0.6 is 0 Å². The topological polar surface area (TPSA) is 105 Å². The van der Waals surface area contributed by atoms with Crippen LogP contribution in [0.15, 0.2) is 29.1 Å². The molecule has 1 aliphatic carbocycles. The van der Waals surface area contributed by atoms with E-state index in [0.29, 0.717) is 11.6 Å². The first-order valence-corrected chi connectivity index (χ1v) is 10.4. The van der Waals surface area contributed by atoms with E-state index in [0.717, 1.165) is 74.6 Å². The van der Waals surface area contributed by atoms with Crippen LogP contribution in [0.3, 0.4) is 0 Å². The van der Waals surface area contributed by atoms with Gasteiger partial charge in [-0.2, -0.15) is 9.50 Å². The van der Waals surface area contributed by atoms with Crippen LogP contribution in [0.2, 0.25) is 0 Å². The number of H-pyrrole nitrogens is 1. The molecule has 0 bridgehead atoms. The van der Waals surface area contributed by atoms with Crippen molar-refractivity contribution in [3.8, 4) is 0 Å². The van der Waals surface area contributed by atoms with Crippen LogP contribution in [0.5, 0.6) is 0 Å². The number of aromatic nitrogens is 4. The Hall–Kier alpha value is -3.20. The molecule has 2 aromatic heterocycles. The highest BCUT2D eigenvalue weighted by Gasteiger charge is 2.19. The molecule has 0 atom stereocenters. The van der Waals surface area contributed by atoms with Gasteiger partial charge in [-0.15, -0.1) is 0 Å². The van der Waals surface area contributed by atoms with Gasteiger partial charge in [-0.05, 0) is 49.9 Å². The zero-order chi connectivity index (χ0) is 20.5. The number of hydrogen-bond acceptors (Lipinski definition) is 6. The summed E-state index contributed by atoms with van der Waals surface area (Å²) in [5.41, 5.74) is 3.34. The molecule has 1 saturated heterocycles. The molecule has 3 aromatic rings. The molecular weight excluding hydrogens is 384 g/mol. The van der Waals surface area contributed by atoms with Gasteiger partial charge in [0.05, 0.1) is 25.3 Å². The molecule has 1 amide bonds. The lowest BCUT2D eigenvalue weighted by Crippen LogP contribution is -2.36. The highest BCUT2D eigenvalue weighted by molar-refractivity contribution is 5.92. The van der Waals surface area contributed by atoms with Crippen LogP contribution in [0.25, 0.3) is 5.78 Å². The van der Waals surface area contributed by atoms with Crippen LogP contribution in [0.4, 0.5) is 11.4 Å². The van der Waals surface area contributed by atoms with Crippen molar-refractivity contribution in [3.05, 3.63) is 51.7 Å². The minimum absolute atomic E-state index is 0.0404. The molecule has 3 heterocycles. The third kappa shape index (κ3) is 3.68. The Bertz CT molecular complexity index is 1130. The molecule has 1 fully saturated rings. The number of hydrogen-bond donors (Lipinski definition) is 2. The van der Waals surface area contributed by atoms with E-state index < -0.39 is 0 Å². The Morgan fingerprint density at radius 3 is 2.67 bits per heavy atom. The molecule has 156 valence electrons. The number of morpholine rings is 1. The van der Waals surface area contributed by atoms with E-state index in [-0.39, 0.29) is 17.9 Å². The van der Waals surface area contributed by atoms with E-state index in [4.69, 9.17) is 4.74 Å². The van der Waals surface area contributed by atoms with Gasteiger partial charge in [-0.3, -0.25) is 14.7 Å². The van der Waals surface area contributed by atoms with Crippen molar-refractivity contribution in [2.75, 3.05) is 36.5 Å². The van der Waals surface area contributed by atoms with Gasteiger partial charge in [0.15, 0.2) is 0 Å². The lowest BCUT2D eigenvalue weighted by molar-refractivity contribution is -0.115. The number of nitrogens with zero attached hydrogens (tertiary/aromatic N) is 4. The van der Waals surface area contributed by atoms with Gasteiger partial charge in [-0.1, -0.05) is 0 Å². The number of rotatable bonds is 4. The molecular formula is C21H24N6O3. The quantitative estimate of drug-likeness (QED) is 0.675. The SMILES string of the molecule is O=C(Cc1nc2nc3c(c(=O)n2[nH]1)CCCC3)Nc1ccc(N2CCOCC2)cc1. The molecule has 0 unspecified atom stereocenters. The molecule has 5 rings (SSSR count). The number of fused-ring (bicyclic) bond motifs is 2. The highest BCUT2D eigenvalue weighted by Crippen LogP contribution is 2.19. The second kappa shape index (κ2) is 7.91. The molecule has 1 aliphatic heterocycles. The minimum atomic E-state index is -0.203. The average molecular weight is 408 g/mol. The summed E-state index contributed by atoms with van der Waals surface area (Å²) in [4.78, 5) is 36.3. The average Bonchev–Trinajstić information content (AvgIpc) is 3.17. The summed E-state index contributed by atoms with van der Waals surface area (Å²) in [5, 5.41) is 5.82. The van der Waals surface area contributed by atoms with Crippen molar-refractivity contribution in [1.82, 2.24) is 19.6 Å². The first-order valence-electron chi connectivity index (χ1n) is 10.4. The number of ether oxygens (including phenoxy) is 1. The van der Waals surface area contributed by atoms with Crippen molar-refractivity contribution in [1.29, 1.82) is 0 Å². The van der Waals surface area contributed by atoms with E-state index in [1.165, 1.54) is 4.52 Å².